The van der Waals surface area contributed by atoms with E-state index in [1.807, 2.05) is 17.5 Å². The van der Waals surface area contributed by atoms with E-state index in [0.29, 0.717) is 19.6 Å². The molecule has 1 aromatic carbocycles. The van der Waals surface area contributed by atoms with E-state index >= 15 is 0 Å². The van der Waals surface area contributed by atoms with Gasteiger partial charge < -0.3 is 10.6 Å². The number of piperazine rings is 1. The minimum atomic E-state index is -0.300. The van der Waals surface area contributed by atoms with Gasteiger partial charge in [0.2, 0.25) is 11.8 Å². The van der Waals surface area contributed by atoms with E-state index in [0.717, 1.165) is 36.6 Å². The van der Waals surface area contributed by atoms with Crippen molar-refractivity contribution in [2.75, 3.05) is 45.8 Å². The molecular weight excluding hydrogens is 403 g/mol. The Morgan fingerprint density at radius 1 is 1.07 bits per heavy atom. The van der Waals surface area contributed by atoms with Crippen LogP contribution in [0, 0.1) is 5.82 Å². The molecule has 1 aliphatic heterocycles. The quantitative estimate of drug-likeness (QED) is 0.598. The summed E-state index contributed by atoms with van der Waals surface area (Å²) in [6, 6.07) is 9.83. The summed E-state index contributed by atoms with van der Waals surface area (Å²) >= 11 is 1.56. The molecule has 2 N–H and O–H groups in total. The highest BCUT2D eigenvalue weighted by molar-refractivity contribution is 7.10. The Balaban J connectivity index is 1.51. The molecule has 3 rings (SSSR count). The number of halogens is 1. The normalized spacial score (nSPS) is 16.0. The molecule has 6 nitrogen and oxygen atoms in total. The number of rotatable bonds is 9. The molecule has 8 heteroatoms. The lowest BCUT2D eigenvalue weighted by molar-refractivity contribution is -0.125. The van der Waals surface area contributed by atoms with Gasteiger partial charge in [-0.25, -0.2) is 4.39 Å². The van der Waals surface area contributed by atoms with Crippen LogP contribution in [0.4, 0.5) is 4.39 Å². The van der Waals surface area contributed by atoms with E-state index in [-0.39, 0.29) is 23.7 Å². The molecule has 1 aliphatic rings. The lowest BCUT2D eigenvalue weighted by atomic mass is 10.1. The molecule has 1 saturated heterocycles. The lowest BCUT2D eigenvalue weighted by Gasteiger charge is -2.34. The van der Waals surface area contributed by atoms with Crippen molar-refractivity contribution >= 4 is 23.2 Å². The third-order valence-corrected chi connectivity index (χ3v) is 5.92. The van der Waals surface area contributed by atoms with Crippen LogP contribution in [-0.2, 0) is 9.59 Å². The first-order chi connectivity index (χ1) is 14.5. The number of nitrogens with one attached hydrogen (secondary N) is 2. The van der Waals surface area contributed by atoms with Crippen LogP contribution < -0.4 is 10.6 Å². The largest absolute Gasteiger partial charge is 0.352 e. The number of nitrogens with zero attached hydrogens (tertiary/aromatic N) is 2. The Morgan fingerprint density at radius 2 is 1.70 bits per heavy atom. The van der Waals surface area contributed by atoms with Gasteiger partial charge in [0.05, 0.1) is 19.1 Å². The lowest BCUT2D eigenvalue weighted by Crippen LogP contribution is -2.51. The summed E-state index contributed by atoms with van der Waals surface area (Å²) in [6.45, 7) is 7.63. The Bertz CT molecular complexity index is 833. The van der Waals surface area contributed by atoms with Gasteiger partial charge in [-0.2, -0.15) is 0 Å². The van der Waals surface area contributed by atoms with Gasteiger partial charge in [0, 0.05) is 37.6 Å². The highest BCUT2D eigenvalue weighted by Crippen LogP contribution is 2.26. The zero-order chi connectivity index (χ0) is 21.3. The number of amides is 2. The summed E-state index contributed by atoms with van der Waals surface area (Å²) in [5.74, 6) is -0.389. The SMILES string of the molecule is C=CCNC(=O)CN1CCN(CC(=O)NC(c2ccc(F)cc2)c2cccs2)CC1. The predicted octanol–water partition coefficient (Wildman–Crippen LogP) is 2.01. The first kappa shape index (κ1) is 22.1. The van der Waals surface area contributed by atoms with E-state index in [9.17, 15) is 14.0 Å². The van der Waals surface area contributed by atoms with E-state index in [2.05, 4.69) is 27.0 Å². The summed E-state index contributed by atoms with van der Waals surface area (Å²) < 4.78 is 13.3. The zero-order valence-corrected chi connectivity index (χ0v) is 17.7. The molecule has 1 atom stereocenters. The second-order valence-electron chi connectivity index (χ2n) is 7.21. The van der Waals surface area contributed by atoms with Gasteiger partial charge >= 0.3 is 0 Å². The number of carbonyl (C=O) groups excluding carboxylic acids is 2. The first-order valence-electron chi connectivity index (χ1n) is 9.95. The standard InChI is InChI=1S/C22H27FN4O2S/c1-2-9-24-20(28)15-26-10-12-27(13-11-26)16-21(29)25-22(19-4-3-14-30-19)17-5-7-18(23)8-6-17/h2-8,14,22H,1,9-13,15-16H2,(H,24,28)(H,25,29). The van der Waals surface area contributed by atoms with Crippen LogP contribution in [0.2, 0.25) is 0 Å². The van der Waals surface area contributed by atoms with Crippen molar-refractivity contribution in [2.45, 2.75) is 6.04 Å². The van der Waals surface area contributed by atoms with Crippen molar-refractivity contribution in [3.8, 4) is 0 Å². The van der Waals surface area contributed by atoms with Crippen LogP contribution in [0.3, 0.4) is 0 Å². The molecule has 2 aromatic rings. The Morgan fingerprint density at radius 3 is 2.27 bits per heavy atom. The maximum atomic E-state index is 13.3. The molecule has 1 fully saturated rings. The molecule has 2 heterocycles. The van der Waals surface area contributed by atoms with Gasteiger partial charge in [-0.3, -0.25) is 19.4 Å². The van der Waals surface area contributed by atoms with Gasteiger partial charge in [-0.15, -0.1) is 17.9 Å². The number of benzene rings is 1. The predicted molar refractivity (Wildman–Crippen MR) is 117 cm³/mol. The second-order valence-corrected chi connectivity index (χ2v) is 8.19. The third kappa shape index (κ3) is 6.48. The fraction of sp³-hybridized carbons (Fsp3) is 0.364. The van der Waals surface area contributed by atoms with Crippen LogP contribution in [0.25, 0.3) is 0 Å². The Hall–Kier alpha value is -2.55. The molecule has 1 aromatic heterocycles. The highest BCUT2D eigenvalue weighted by atomic mass is 32.1. The molecule has 0 bridgehead atoms. The molecule has 0 spiro atoms. The van der Waals surface area contributed by atoms with Crippen molar-refractivity contribution in [3.63, 3.8) is 0 Å². The fourth-order valence-corrected chi connectivity index (χ4v) is 4.19. The molecule has 0 radical (unpaired) electrons. The van der Waals surface area contributed by atoms with Gasteiger partial charge in [0.25, 0.3) is 0 Å². The van der Waals surface area contributed by atoms with Crippen LogP contribution >= 0.6 is 11.3 Å². The summed E-state index contributed by atoms with van der Waals surface area (Å²) in [6.07, 6.45) is 1.66. The van der Waals surface area contributed by atoms with Crippen molar-refractivity contribution in [2.24, 2.45) is 0 Å². The summed E-state index contributed by atoms with van der Waals surface area (Å²) in [4.78, 5) is 29.7. The molecule has 30 heavy (non-hydrogen) atoms. The topological polar surface area (TPSA) is 64.7 Å². The molecule has 0 saturated carbocycles. The minimum Gasteiger partial charge on any atom is -0.352 e. The summed E-state index contributed by atoms with van der Waals surface area (Å²) in [5.41, 5.74) is 0.850. The van der Waals surface area contributed by atoms with E-state index in [4.69, 9.17) is 0 Å². The van der Waals surface area contributed by atoms with Crippen LogP contribution in [0.5, 0.6) is 0 Å². The Kier molecular flexibility index (Phi) is 8.12. The number of thiophene rings is 1. The van der Waals surface area contributed by atoms with Crippen molar-refractivity contribution in [1.29, 1.82) is 0 Å². The van der Waals surface area contributed by atoms with Crippen LogP contribution in [0.15, 0.2) is 54.4 Å². The number of carbonyl (C=O) groups is 2. The van der Waals surface area contributed by atoms with Gasteiger partial charge in [-0.05, 0) is 29.1 Å². The maximum Gasteiger partial charge on any atom is 0.234 e. The van der Waals surface area contributed by atoms with Crippen molar-refractivity contribution in [3.05, 3.63) is 70.7 Å². The molecule has 160 valence electrons. The summed E-state index contributed by atoms with van der Waals surface area (Å²) in [5, 5.41) is 7.83. The molecular formula is C22H27FN4O2S. The maximum absolute atomic E-state index is 13.3. The highest BCUT2D eigenvalue weighted by Gasteiger charge is 2.23. The summed E-state index contributed by atoms with van der Waals surface area (Å²) in [7, 11) is 0. The van der Waals surface area contributed by atoms with E-state index in [1.54, 1.807) is 29.5 Å². The minimum absolute atomic E-state index is 0.0146. The third-order valence-electron chi connectivity index (χ3n) is 4.98. The first-order valence-corrected chi connectivity index (χ1v) is 10.8. The fourth-order valence-electron chi connectivity index (χ4n) is 3.39. The van der Waals surface area contributed by atoms with Gasteiger partial charge in [0.1, 0.15) is 5.82 Å². The second kappa shape index (κ2) is 11.0. The van der Waals surface area contributed by atoms with E-state index < -0.39 is 0 Å². The van der Waals surface area contributed by atoms with E-state index in [1.165, 1.54) is 12.1 Å². The average Bonchev–Trinajstić information content (AvgIpc) is 3.27. The molecule has 2 amide bonds. The Labute approximate surface area is 180 Å². The average molecular weight is 431 g/mol. The van der Waals surface area contributed by atoms with Crippen molar-refractivity contribution < 1.29 is 14.0 Å². The monoisotopic (exact) mass is 430 g/mol. The van der Waals surface area contributed by atoms with Gasteiger partial charge in [0.15, 0.2) is 0 Å². The van der Waals surface area contributed by atoms with Crippen LogP contribution in [0.1, 0.15) is 16.5 Å². The van der Waals surface area contributed by atoms with Crippen molar-refractivity contribution in [1.82, 2.24) is 20.4 Å². The molecule has 1 unspecified atom stereocenters. The zero-order valence-electron chi connectivity index (χ0n) is 16.9. The molecule has 0 aliphatic carbocycles. The van der Waals surface area contributed by atoms with Crippen LogP contribution in [-0.4, -0.2) is 67.4 Å². The smallest absolute Gasteiger partial charge is 0.234 e. The number of hydrogen-bond acceptors (Lipinski definition) is 5. The van der Waals surface area contributed by atoms with Gasteiger partial charge in [-0.1, -0.05) is 24.3 Å². The number of hydrogen-bond donors (Lipinski definition) is 2.